The molecule has 4 amide bonds. The average molecular weight is 611 g/mol. The number of nitrogens with one attached hydrogen (secondary N) is 4. The molecule has 10 nitrogen and oxygen atoms in total. The van der Waals surface area contributed by atoms with Crippen LogP contribution in [0.25, 0.3) is 10.2 Å². The Balaban J connectivity index is 1.17. The molecule has 11 heteroatoms. The molecule has 3 heterocycles. The summed E-state index contributed by atoms with van der Waals surface area (Å²) in [5.74, 6) is 1.07. The van der Waals surface area contributed by atoms with Gasteiger partial charge >= 0.3 is 6.03 Å². The number of benzene rings is 2. The lowest BCUT2D eigenvalue weighted by Gasteiger charge is -2.30. The maximum atomic E-state index is 13.6. The van der Waals surface area contributed by atoms with Crippen molar-refractivity contribution in [2.24, 2.45) is 0 Å². The molecule has 0 radical (unpaired) electrons. The number of carbonyl (C=O) groups is 3. The molecule has 4 aromatic rings. The number of amides is 4. The first-order valence-electron chi connectivity index (χ1n) is 14.7. The number of hydrogen-bond acceptors (Lipinski definition) is 7. The summed E-state index contributed by atoms with van der Waals surface area (Å²) in [6, 6.07) is 16.6. The maximum absolute atomic E-state index is 13.6. The van der Waals surface area contributed by atoms with Crippen LogP contribution in [0.5, 0.6) is 11.5 Å². The second kappa shape index (κ2) is 12.9. The Bertz CT molecular complexity index is 1730. The Labute approximate surface area is 259 Å². The first-order chi connectivity index (χ1) is 21.4. The van der Waals surface area contributed by atoms with E-state index >= 15 is 0 Å². The van der Waals surface area contributed by atoms with E-state index in [1.165, 1.54) is 11.3 Å². The van der Waals surface area contributed by atoms with E-state index in [1.807, 2.05) is 62.5 Å². The van der Waals surface area contributed by atoms with E-state index in [1.54, 1.807) is 29.3 Å². The summed E-state index contributed by atoms with van der Waals surface area (Å²) in [4.78, 5) is 46.5. The summed E-state index contributed by atoms with van der Waals surface area (Å²) in [6.07, 6.45) is 8.07. The number of ether oxygens (including phenoxy) is 1. The number of aromatic nitrogens is 1. The highest BCUT2D eigenvalue weighted by Gasteiger charge is 2.34. The van der Waals surface area contributed by atoms with Crippen LogP contribution in [-0.2, 0) is 4.79 Å². The van der Waals surface area contributed by atoms with Crippen LogP contribution in [0.4, 0.5) is 21.9 Å². The van der Waals surface area contributed by atoms with Gasteiger partial charge in [0, 0.05) is 30.9 Å². The molecule has 4 N–H and O–H groups in total. The summed E-state index contributed by atoms with van der Waals surface area (Å²) in [7, 11) is 1.83. The van der Waals surface area contributed by atoms with Crippen LogP contribution in [0.3, 0.4) is 0 Å². The molecule has 6 rings (SSSR count). The molecule has 0 bridgehead atoms. The molecule has 1 aliphatic heterocycles. The van der Waals surface area contributed by atoms with Gasteiger partial charge in [0.2, 0.25) is 5.91 Å². The molecule has 2 aliphatic rings. The van der Waals surface area contributed by atoms with Gasteiger partial charge in [0.15, 0.2) is 0 Å². The van der Waals surface area contributed by atoms with Gasteiger partial charge in [0.25, 0.3) is 5.91 Å². The molecular weight excluding hydrogens is 576 g/mol. The molecule has 0 saturated heterocycles. The fourth-order valence-electron chi connectivity index (χ4n) is 5.72. The number of carbonyl (C=O) groups excluding carboxylic acids is 3. The number of likely N-dealkylation sites (N-methyl/N-ethyl adjacent to an activating group) is 1. The minimum Gasteiger partial charge on any atom is -0.457 e. The van der Waals surface area contributed by atoms with E-state index < -0.39 is 0 Å². The van der Waals surface area contributed by atoms with E-state index in [9.17, 15) is 14.4 Å². The summed E-state index contributed by atoms with van der Waals surface area (Å²) >= 11 is 1.27. The predicted molar refractivity (Wildman–Crippen MR) is 173 cm³/mol. The van der Waals surface area contributed by atoms with Gasteiger partial charge in [-0.3, -0.25) is 14.5 Å². The Morgan fingerprint density at radius 3 is 2.50 bits per heavy atom. The molecule has 1 aliphatic carbocycles. The number of rotatable bonds is 9. The van der Waals surface area contributed by atoms with E-state index in [4.69, 9.17) is 4.74 Å². The molecule has 2 aromatic heterocycles. The van der Waals surface area contributed by atoms with Gasteiger partial charge in [-0.05, 0) is 81.6 Å². The van der Waals surface area contributed by atoms with Crippen molar-refractivity contribution in [1.29, 1.82) is 0 Å². The lowest BCUT2D eigenvalue weighted by Crippen LogP contribution is -2.43. The van der Waals surface area contributed by atoms with Gasteiger partial charge in [-0.25, -0.2) is 9.78 Å². The van der Waals surface area contributed by atoms with Crippen LogP contribution < -0.4 is 30.9 Å². The number of hydrogen-bond donors (Lipinski definition) is 4. The van der Waals surface area contributed by atoms with Crippen molar-refractivity contribution in [2.75, 3.05) is 23.8 Å². The fraction of sp³-hybridized carbons (Fsp3) is 0.273. The second-order valence-electron chi connectivity index (χ2n) is 10.9. The second-order valence-corrected chi connectivity index (χ2v) is 11.9. The summed E-state index contributed by atoms with van der Waals surface area (Å²) in [5, 5.41) is 12.9. The SMILES string of the molecule is CNC/C=C/C(=O)N[C@H]1CC[C@@H](NC(=O)c2sc3nccc4c3c2NC(=O)N4c2ccc(Oc3ccccc3)cc2C)CC1. The first-order valence-corrected chi connectivity index (χ1v) is 15.5. The topological polar surface area (TPSA) is 125 Å². The van der Waals surface area contributed by atoms with Crippen LogP contribution >= 0.6 is 11.3 Å². The Kier molecular flexibility index (Phi) is 8.58. The van der Waals surface area contributed by atoms with Crippen LogP contribution in [0.1, 0.15) is 40.9 Å². The van der Waals surface area contributed by atoms with Crippen LogP contribution in [0.15, 0.2) is 72.9 Å². The third-order valence-electron chi connectivity index (χ3n) is 7.84. The zero-order valence-electron chi connectivity index (χ0n) is 24.6. The van der Waals surface area contributed by atoms with Crippen LogP contribution in [-0.4, -0.2) is 48.5 Å². The van der Waals surface area contributed by atoms with Crippen molar-refractivity contribution < 1.29 is 19.1 Å². The van der Waals surface area contributed by atoms with E-state index in [-0.39, 0.29) is 29.9 Å². The number of pyridine rings is 1. The predicted octanol–water partition coefficient (Wildman–Crippen LogP) is 6.01. The van der Waals surface area contributed by atoms with Gasteiger partial charge < -0.3 is 26.0 Å². The van der Waals surface area contributed by atoms with Gasteiger partial charge in [-0.15, -0.1) is 11.3 Å². The van der Waals surface area contributed by atoms with Gasteiger partial charge in [-0.2, -0.15) is 0 Å². The number of para-hydroxylation sites is 1. The van der Waals surface area contributed by atoms with Crippen molar-refractivity contribution in [3.63, 3.8) is 0 Å². The standard InChI is InChI=1S/C33H34N6O4S/c1-20-19-24(43-23-7-4-3-5-8-23)14-15-25(20)39-26-16-18-35-32-28(26)29(38-33(39)42)30(44-32)31(41)37-22-12-10-21(11-13-22)36-27(40)9-6-17-34-2/h3-9,14-16,18-19,21-22,34H,10-13,17H2,1-2H3,(H,36,40)(H,37,41)(H,38,42)/b9-6+/t21-,22+. The summed E-state index contributed by atoms with van der Waals surface area (Å²) < 4.78 is 5.98. The Morgan fingerprint density at radius 2 is 1.77 bits per heavy atom. The van der Waals surface area contributed by atoms with Gasteiger partial charge in [0.1, 0.15) is 21.2 Å². The highest BCUT2D eigenvalue weighted by atomic mass is 32.1. The fourth-order valence-corrected chi connectivity index (χ4v) is 6.74. The quantitative estimate of drug-likeness (QED) is 0.172. The lowest BCUT2D eigenvalue weighted by molar-refractivity contribution is -0.117. The molecule has 226 valence electrons. The third kappa shape index (κ3) is 6.15. The number of anilines is 3. The van der Waals surface area contributed by atoms with Crippen LogP contribution in [0, 0.1) is 6.92 Å². The molecule has 0 spiro atoms. The van der Waals surface area contributed by atoms with Crippen LogP contribution in [0.2, 0.25) is 0 Å². The largest absolute Gasteiger partial charge is 0.457 e. The minimum absolute atomic E-state index is 0.0182. The number of aryl methyl sites for hydroxylation is 1. The highest BCUT2D eigenvalue weighted by Crippen LogP contribution is 2.46. The molecular formula is C33H34N6O4S. The smallest absolute Gasteiger partial charge is 0.331 e. The van der Waals surface area contributed by atoms with Crippen molar-refractivity contribution in [3.8, 4) is 11.5 Å². The van der Waals surface area contributed by atoms with Gasteiger partial charge in [0.05, 0.1) is 22.4 Å². The third-order valence-corrected chi connectivity index (χ3v) is 8.94. The zero-order chi connectivity index (χ0) is 30.6. The number of thiophene rings is 1. The maximum Gasteiger partial charge on any atom is 0.331 e. The number of urea groups is 1. The molecule has 1 saturated carbocycles. The molecule has 0 atom stereocenters. The van der Waals surface area contributed by atoms with Crippen molar-refractivity contribution in [3.05, 3.63) is 83.4 Å². The van der Waals surface area contributed by atoms with Crippen molar-refractivity contribution in [1.82, 2.24) is 20.9 Å². The monoisotopic (exact) mass is 610 g/mol. The van der Waals surface area contributed by atoms with Crippen molar-refractivity contribution >= 4 is 56.5 Å². The number of nitrogens with zero attached hydrogens (tertiary/aromatic N) is 2. The minimum atomic E-state index is -0.350. The van der Waals surface area contributed by atoms with E-state index in [0.717, 1.165) is 42.4 Å². The summed E-state index contributed by atoms with van der Waals surface area (Å²) in [5.41, 5.74) is 2.72. The molecule has 44 heavy (non-hydrogen) atoms. The van der Waals surface area contributed by atoms with Crippen molar-refractivity contribution in [2.45, 2.75) is 44.7 Å². The molecule has 0 unspecified atom stereocenters. The lowest BCUT2D eigenvalue weighted by atomic mass is 9.91. The first kappa shape index (κ1) is 29.3. The zero-order valence-corrected chi connectivity index (χ0v) is 25.4. The molecule has 1 fully saturated rings. The highest BCUT2D eigenvalue weighted by molar-refractivity contribution is 7.21. The Hall–Kier alpha value is -4.74. The average Bonchev–Trinajstić information content (AvgIpc) is 3.39. The summed E-state index contributed by atoms with van der Waals surface area (Å²) in [6.45, 7) is 2.57. The van der Waals surface area contributed by atoms with Gasteiger partial charge in [-0.1, -0.05) is 24.3 Å². The Morgan fingerprint density at radius 1 is 1.02 bits per heavy atom. The van der Waals surface area contributed by atoms with E-state index in [0.29, 0.717) is 39.1 Å². The molecule has 2 aromatic carbocycles. The van der Waals surface area contributed by atoms with E-state index in [2.05, 4.69) is 26.3 Å². The normalized spacial score (nSPS) is 17.9.